The molecule has 2 aromatic heterocycles. The molecule has 29 heavy (non-hydrogen) atoms. The number of aliphatic hydroxyl groups is 1. The SMILES string of the molecule is Cc1ccc(-[n+]2nc(-c3ccccc3S(=O)(=O)O)nn2-c2cn[nH]c2)c(CO)c1. The zero-order valence-corrected chi connectivity index (χ0v) is 16.1. The van der Waals surface area contributed by atoms with E-state index in [2.05, 4.69) is 20.4 Å². The molecule has 3 N–H and O–H groups in total. The van der Waals surface area contributed by atoms with Crippen molar-refractivity contribution < 1.29 is 22.9 Å². The second-order valence-corrected chi connectivity index (χ2v) is 7.71. The first-order valence-electron chi connectivity index (χ1n) is 8.55. The first-order valence-corrected chi connectivity index (χ1v) is 9.99. The summed E-state index contributed by atoms with van der Waals surface area (Å²) >= 11 is 0. The Morgan fingerprint density at radius 2 is 2.00 bits per heavy atom. The van der Waals surface area contributed by atoms with Crippen LogP contribution in [0.5, 0.6) is 0 Å². The van der Waals surface area contributed by atoms with Gasteiger partial charge in [-0.3, -0.25) is 9.65 Å². The molecule has 0 aliphatic heterocycles. The topological polar surface area (TPSA) is 138 Å². The van der Waals surface area contributed by atoms with Gasteiger partial charge in [0.15, 0.2) is 11.4 Å². The summed E-state index contributed by atoms with van der Waals surface area (Å²) < 4.78 is 33.2. The predicted molar refractivity (Wildman–Crippen MR) is 101 cm³/mol. The van der Waals surface area contributed by atoms with Gasteiger partial charge in [0.2, 0.25) is 0 Å². The Hall–Kier alpha value is -3.41. The summed E-state index contributed by atoms with van der Waals surface area (Å²) in [5.41, 5.74) is 2.81. The quantitative estimate of drug-likeness (QED) is 0.327. The van der Waals surface area contributed by atoms with E-state index in [-0.39, 0.29) is 22.9 Å². The van der Waals surface area contributed by atoms with Gasteiger partial charge in [-0.05, 0) is 41.1 Å². The van der Waals surface area contributed by atoms with Crippen molar-refractivity contribution in [2.45, 2.75) is 18.4 Å². The number of H-pyrrole nitrogens is 1. The molecule has 0 amide bonds. The van der Waals surface area contributed by atoms with Gasteiger partial charge in [0.1, 0.15) is 4.90 Å². The van der Waals surface area contributed by atoms with E-state index < -0.39 is 10.1 Å². The maximum Gasteiger partial charge on any atom is 0.341 e. The number of hydrogen-bond donors (Lipinski definition) is 3. The van der Waals surface area contributed by atoms with Crippen LogP contribution in [-0.2, 0) is 16.7 Å². The van der Waals surface area contributed by atoms with Gasteiger partial charge in [-0.2, -0.15) is 13.5 Å². The molecule has 4 aromatic rings. The third-order valence-electron chi connectivity index (χ3n) is 4.30. The fraction of sp³-hybridized carbons (Fsp3) is 0.111. The van der Waals surface area contributed by atoms with Crippen LogP contribution in [0.1, 0.15) is 11.1 Å². The number of aromatic nitrogens is 6. The molecule has 0 unspecified atom stereocenters. The Balaban J connectivity index is 1.99. The number of aromatic amines is 1. The monoisotopic (exact) mass is 413 g/mol. The minimum absolute atomic E-state index is 0.0730. The van der Waals surface area contributed by atoms with Crippen LogP contribution >= 0.6 is 0 Å². The smallest absolute Gasteiger partial charge is 0.341 e. The number of hydrogen-bond acceptors (Lipinski definition) is 6. The van der Waals surface area contributed by atoms with E-state index in [1.54, 1.807) is 18.3 Å². The van der Waals surface area contributed by atoms with Crippen LogP contribution in [0.3, 0.4) is 0 Å². The summed E-state index contributed by atoms with van der Waals surface area (Å²) in [6, 6.07) is 11.4. The van der Waals surface area contributed by atoms with E-state index in [1.165, 1.54) is 34.0 Å². The van der Waals surface area contributed by atoms with Crippen LogP contribution in [0, 0.1) is 6.92 Å². The van der Waals surface area contributed by atoms with Crippen LogP contribution < -0.4 is 4.80 Å². The van der Waals surface area contributed by atoms with Gasteiger partial charge < -0.3 is 5.11 Å². The highest BCUT2D eigenvalue weighted by Crippen LogP contribution is 2.24. The molecule has 10 nitrogen and oxygen atoms in total. The lowest BCUT2D eigenvalue weighted by Crippen LogP contribution is -2.44. The number of nitrogens with zero attached hydrogens (tertiary/aromatic N) is 5. The summed E-state index contributed by atoms with van der Waals surface area (Å²) in [6.45, 7) is 1.68. The van der Waals surface area contributed by atoms with Crippen molar-refractivity contribution in [1.29, 1.82) is 0 Å². The maximum absolute atomic E-state index is 11.8. The molecule has 0 saturated carbocycles. The predicted octanol–water partition coefficient (Wildman–Crippen LogP) is 0.982. The van der Waals surface area contributed by atoms with E-state index in [0.717, 1.165) is 5.56 Å². The molecule has 4 rings (SSSR count). The molecule has 0 saturated heterocycles. The fourth-order valence-electron chi connectivity index (χ4n) is 2.98. The van der Waals surface area contributed by atoms with E-state index in [4.69, 9.17) is 0 Å². The summed E-state index contributed by atoms with van der Waals surface area (Å²) in [5.74, 6) is 0.0730. The Bertz CT molecular complexity index is 1280. The van der Waals surface area contributed by atoms with E-state index >= 15 is 0 Å². The molecule has 0 atom stereocenters. The molecule has 11 heteroatoms. The maximum atomic E-state index is 11.8. The molecular weight excluding hydrogens is 396 g/mol. The number of aliphatic hydroxyl groups excluding tert-OH is 1. The van der Waals surface area contributed by atoms with E-state index in [9.17, 15) is 18.1 Å². The summed E-state index contributed by atoms with van der Waals surface area (Å²) in [6.07, 6.45) is 3.12. The lowest BCUT2D eigenvalue weighted by Gasteiger charge is -2.04. The second kappa shape index (κ2) is 7.20. The molecule has 0 aliphatic rings. The second-order valence-electron chi connectivity index (χ2n) is 6.32. The fourth-order valence-corrected chi connectivity index (χ4v) is 3.67. The number of rotatable bonds is 5. The molecule has 2 heterocycles. The van der Waals surface area contributed by atoms with Crippen LogP contribution in [0.4, 0.5) is 0 Å². The number of nitrogens with one attached hydrogen (secondary N) is 1. The highest BCUT2D eigenvalue weighted by molar-refractivity contribution is 7.86. The van der Waals surface area contributed by atoms with Crippen molar-refractivity contribution in [3.8, 4) is 22.8 Å². The van der Waals surface area contributed by atoms with Gasteiger partial charge >= 0.3 is 5.82 Å². The largest absolute Gasteiger partial charge is 0.392 e. The zero-order chi connectivity index (χ0) is 20.6. The standard InChI is InChI=1S/C18H16N6O4S/c1-12-6-7-16(13(8-12)11-25)24-22-18(21-23(24)14-9-19-20-10-14)15-4-2-3-5-17(15)29(26,27)28/h2-10,25H,11H2,1H3,(H-,19,20,26,27,28)/p+1. The third kappa shape index (κ3) is 3.53. The Morgan fingerprint density at radius 1 is 1.21 bits per heavy atom. The lowest BCUT2D eigenvalue weighted by atomic mass is 10.1. The molecule has 148 valence electrons. The summed E-state index contributed by atoms with van der Waals surface area (Å²) in [7, 11) is -4.48. The number of aryl methyl sites for hydroxylation is 1. The number of benzene rings is 2. The Morgan fingerprint density at radius 3 is 2.69 bits per heavy atom. The first kappa shape index (κ1) is 18.9. The zero-order valence-electron chi connectivity index (χ0n) is 15.3. The van der Waals surface area contributed by atoms with Crippen molar-refractivity contribution in [3.05, 3.63) is 66.0 Å². The van der Waals surface area contributed by atoms with Gasteiger partial charge in [0.05, 0.1) is 29.7 Å². The van der Waals surface area contributed by atoms with Gasteiger partial charge in [0.25, 0.3) is 10.1 Å². The highest BCUT2D eigenvalue weighted by Gasteiger charge is 2.29. The minimum atomic E-state index is -4.48. The molecule has 0 bridgehead atoms. The summed E-state index contributed by atoms with van der Waals surface area (Å²) in [4.78, 5) is 2.55. The van der Waals surface area contributed by atoms with Gasteiger partial charge in [-0.1, -0.05) is 23.8 Å². The Kier molecular flexibility index (Phi) is 4.70. The van der Waals surface area contributed by atoms with Crippen LogP contribution in [0.15, 0.2) is 59.8 Å². The van der Waals surface area contributed by atoms with Gasteiger partial charge in [-0.15, -0.1) is 0 Å². The van der Waals surface area contributed by atoms with Gasteiger partial charge in [-0.25, -0.2) is 0 Å². The van der Waals surface area contributed by atoms with Crippen molar-refractivity contribution >= 4 is 10.1 Å². The molecule has 0 radical (unpaired) electrons. The minimum Gasteiger partial charge on any atom is -0.392 e. The molecule has 0 fully saturated rings. The summed E-state index contributed by atoms with van der Waals surface area (Å²) in [5, 5.41) is 25.3. The molecule has 2 aromatic carbocycles. The van der Waals surface area contributed by atoms with Crippen molar-refractivity contribution in [1.82, 2.24) is 25.2 Å². The van der Waals surface area contributed by atoms with Crippen molar-refractivity contribution in [2.75, 3.05) is 0 Å². The third-order valence-corrected chi connectivity index (χ3v) is 5.21. The van der Waals surface area contributed by atoms with Gasteiger partial charge in [0, 0.05) is 10.4 Å². The normalized spacial score (nSPS) is 11.7. The van der Waals surface area contributed by atoms with Crippen LogP contribution in [-0.4, -0.2) is 43.3 Å². The van der Waals surface area contributed by atoms with Crippen molar-refractivity contribution in [3.63, 3.8) is 0 Å². The number of tetrazole rings is 1. The average Bonchev–Trinajstić information content (AvgIpc) is 3.37. The van der Waals surface area contributed by atoms with E-state index in [0.29, 0.717) is 16.9 Å². The van der Waals surface area contributed by atoms with Crippen molar-refractivity contribution in [2.24, 2.45) is 0 Å². The lowest BCUT2D eigenvalue weighted by molar-refractivity contribution is -0.735. The molecular formula is C18H17N6O4S+. The van der Waals surface area contributed by atoms with E-state index in [1.807, 2.05) is 19.1 Å². The van der Waals surface area contributed by atoms with Crippen LogP contribution in [0.2, 0.25) is 0 Å². The molecule has 0 spiro atoms. The van der Waals surface area contributed by atoms with Crippen LogP contribution in [0.25, 0.3) is 22.8 Å². The molecule has 0 aliphatic carbocycles. The average molecular weight is 413 g/mol. The highest BCUT2D eigenvalue weighted by atomic mass is 32.2. The Labute approximate surface area is 165 Å². The first-order chi connectivity index (χ1) is 13.9.